The molecule has 0 saturated carbocycles. The lowest BCUT2D eigenvalue weighted by Crippen LogP contribution is -2.46. The largest absolute Gasteiger partial charge is 0.345 e. The van der Waals surface area contributed by atoms with Gasteiger partial charge in [-0.25, -0.2) is 8.42 Å². The van der Waals surface area contributed by atoms with Crippen molar-refractivity contribution < 1.29 is 18.0 Å². The van der Waals surface area contributed by atoms with Crippen LogP contribution in [0, 0.1) is 5.92 Å². The summed E-state index contributed by atoms with van der Waals surface area (Å²) in [5.41, 5.74) is 0. The fourth-order valence-electron chi connectivity index (χ4n) is 1.30. The van der Waals surface area contributed by atoms with Gasteiger partial charge in [0.1, 0.15) is 5.75 Å². The van der Waals surface area contributed by atoms with Crippen LogP contribution in [-0.4, -0.2) is 37.2 Å². The molecule has 17 heavy (non-hydrogen) atoms. The van der Waals surface area contributed by atoms with E-state index in [2.05, 4.69) is 5.32 Å². The topological polar surface area (TPSA) is 80.3 Å². The Morgan fingerprint density at radius 1 is 1.12 bits per heavy atom. The zero-order valence-electron chi connectivity index (χ0n) is 11.0. The summed E-state index contributed by atoms with van der Waals surface area (Å²) in [5, 5.41) is 1.86. The van der Waals surface area contributed by atoms with E-state index in [0.29, 0.717) is 0 Å². The fourth-order valence-corrected chi connectivity index (χ4v) is 2.08. The van der Waals surface area contributed by atoms with Crippen LogP contribution in [0.1, 0.15) is 34.6 Å². The van der Waals surface area contributed by atoms with Crippen LogP contribution in [0.25, 0.3) is 0 Å². The second kappa shape index (κ2) is 6.14. The van der Waals surface area contributed by atoms with E-state index in [1.165, 1.54) is 20.8 Å². The van der Waals surface area contributed by atoms with Crippen LogP contribution in [0.5, 0.6) is 0 Å². The summed E-state index contributed by atoms with van der Waals surface area (Å²) in [6, 6.07) is -0.620. The minimum atomic E-state index is -3.42. The van der Waals surface area contributed by atoms with Gasteiger partial charge in [0.15, 0.2) is 15.6 Å². The predicted octanol–water partition coefficient (Wildman–Crippen LogP) is 0.539. The molecule has 0 aliphatic rings. The Morgan fingerprint density at radius 3 is 1.88 bits per heavy atom. The third kappa shape index (κ3) is 5.30. The number of nitrogens with one attached hydrogen (secondary N) is 1. The predicted molar refractivity (Wildman–Crippen MR) is 66.4 cm³/mol. The maximum absolute atomic E-state index is 11.5. The van der Waals surface area contributed by atoms with Gasteiger partial charge in [0.25, 0.3) is 0 Å². The zero-order valence-corrected chi connectivity index (χ0v) is 11.8. The van der Waals surface area contributed by atoms with Crippen molar-refractivity contribution in [2.24, 2.45) is 5.92 Å². The van der Waals surface area contributed by atoms with Gasteiger partial charge in [-0.3, -0.25) is 9.59 Å². The first-order valence-electron chi connectivity index (χ1n) is 5.59. The molecule has 1 amide bonds. The Kier molecular flexibility index (Phi) is 5.81. The minimum absolute atomic E-state index is 0.0572. The van der Waals surface area contributed by atoms with Crippen LogP contribution < -0.4 is 5.32 Å². The van der Waals surface area contributed by atoms with Crippen molar-refractivity contribution in [3.63, 3.8) is 0 Å². The maximum Gasteiger partial charge on any atom is 0.235 e. The smallest absolute Gasteiger partial charge is 0.235 e. The summed E-state index contributed by atoms with van der Waals surface area (Å²) < 4.78 is 23.0. The van der Waals surface area contributed by atoms with Crippen molar-refractivity contribution in [2.75, 3.05) is 5.75 Å². The van der Waals surface area contributed by atoms with Gasteiger partial charge in [0, 0.05) is 0 Å². The van der Waals surface area contributed by atoms with Gasteiger partial charge in [0.05, 0.1) is 11.3 Å². The van der Waals surface area contributed by atoms with Crippen molar-refractivity contribution in [2.45, 2.75) is 45.9 Å². The fraction of sp³-hybridized carbons (Fsp3) is 0.818. The molecule has 0 heterocycles. The van der Waals surface area contributed by atoms with Crippen LogP contribution in [0.3, 0.4) is 0 Å². The van der Waals surface area contributed by atoms with E-state index in [4.69, 9.17) is 0 Å². The average Bonchev–Trinajstić information content (AvgIpc) is 2.12. The summed E-state index contributed by atoms with van der Waals surface area (Å²) in [6.45, 7) is 8.01. The van der Waals surface area contributed by atoms with Crippen LogP contribution in [-0.2, 0) is 19.4 Å². The van der Waals surface area contributed by atoms with E-state index in [9.17, 15) is 18.0 Å². The third-order valence-electron chi connectivity index (χ3n) is 2.47. The molecule has 1 unspecified atom stereocenters. The van der Waals surface area contributed by atoms with Crippen molar-refractivity contribution in [1.29, 1.82) is 0 Å². The number of hydrogen-bond donors (Lipinski definition) is 1. The van der Waals surface area contributed by atoms with Crippen LogP contribution in [0.2, 0.25) is 0 Å². The number of carbonyl (C=O) groups is 2. The normalized spacial score (nSPS) is 13.8. The molecule has 0 spiro atoms. The van der Waals surface area contributed by atoms with Gasteiger partial charge in [-0.15, -0.1) is 0 Å². The number of sulfone groups is 1. The maximum atomic E-state index is 11.5. The second-order valence-corrected chi connectivity index (χ2v) is 7.31. The Balaban J connectivity index is 4.61. The highest BCUT2D eigenvalue weighted by molar-refractivity contribution is 7.92. The van der Waals surface area contributed by atoms with Crippen molar-refractivity contribution >= 4 is 21.5 Å². The number of carbonyl (C=O) groups excluding carboxylic acids is 2. The molecule has 0 aromatic heterocycles. The molecule has 0 aliphatic heterocycles. The lowest BCUT2D eigenvalue weighted by atomic mass is 10.0. The van der Waals surface area contributed by atoms with Gasteiger partial charge in [-0.05, 0) is 26.7 Å². The molecule has 5 nitrogen and oxygen atoms in total. The summed E-state index contributed by atoms with van der Waals surface area (Å²) in [5.74, 6) is -1.41. The third-order valence-corrected chi connectivity index (χ3v) is 4.57. The molecule has 0 rings (SSSR count). The summed E-state index contributed by atoms with van der Waals surface area (Å²) in [6.07, 6.45) is 0. The molecule has 1 N–H and O–H groups in total. The Hall–Kier alpha value is -0.910. The Morgan fingerprint density at radius 2 is 1.59 bits per heavy atom. The lowest BCUT2D eigenvalue weighted by Gasteiger charge is -2.19. The number of hydrogen-bond acceptors (Lipinski definition) is 4. The molecule has 0 radical (unpaired) electrons. The van der Waals surface area contributed by atoms with Gasteiger partial charge >= 0.3 is 0 Å². The van der Waals surface area contributed by atoms with Crippen molar-refractivity contribution in [3.05, 3.63) is 0 Å². The number of ketones is 1. The average molecular weight is 263 g/mol. The second-order valence-electron chi connectivity index (χ2n) is 4.76. The molecular formula is C11H21NO4S. The summed E-state index contributed by atoms with van der Waals surface area (Å²) >= 11 is 0. The molecule has 100 valence electrons. The number of Topliss-reactive ketones (excluding diaryl/α,β-unsaturated/α-hetero) is 1. The van der Waals surface area contributed by atoms with E-state index >= 15 is 0 Å². The first kappa shape index (κ1) is 16.1. The van der Waals surface area contributed by atoms with E-state index in [-0.39, 0.29) is 11.7 Å². The quantitative estimate of drug-likeness (QED) is 0.758. The minimum Gasteiger partial charge on any atom is -0.345 e. The monoisotopic (exact) mass is 263 g/mol. The van der Waals surface area contributed by atoms with Gasteiger partial charge < -0.3 is 5.32 Å². The lowest BCUT2D eigenvalue weighted by molar-refractivity contribution is -0.126. The Labute approximate surface area is 103 Å². The van der Waals surface area contributed by atoms with Crippen LogP contribution in [0.15, 0.2) is 0 Å². The molecule has 0 saturated heterocycles. The first-order chi connectivity index (χ1) is 7.58. The first-order valence-corrected chi connectivity index (χ1v) is 7.31. The zero-order chi connectivity index (χ0) is 13.8. The van der Waals surface area contributed by atoms with E-state index in [0.717, 1.165) is 0 Å². The number of rotatable bonds is 6. The van der Waals surface area contributed by atoms with Crippen molar-refractivity contribution in [3.8, 4) is 0 Å². The highest BCUT2D eigenvalue weighted by atomic mass is 32.2. The molecule has 6 heteroatoms. The molecule has 0 fully saturated rings. The molecule has 0 aliphatic carbocycles. The van der Waals surface area contributed by atoms with E-state index in [1.54, 1.807) is 13.8 Å². The number of amides is 1. The Bertz CT molecular complexity index is 384. The molecule has 0 aromatic carbocycles. The van der Waals surface area contributed by atoms with Gasteiger partial charge in [0.2, 0.25) is 5.91 Å². The van der Waals surface area contributed by atoms with E-state index < -0.39 is 32.8 Å². The summed E-state index contributed by atoms with van der Waals surface area (Å²) in [4.78, 5) is 22.8. The van der Waals surface area contributed by atoms with Crippen LogP contribution >= 0.6 is 0 Å². The highest BCUT2D eigenvalue weighted by Gasteiger charge is 2.25. The SMILES string of the molecule is CC(=O)C(NC(=O)CS(=O)(=O)C(C)C)C(C)C. The van der Waals surface area contributed by atoms with Gasteiger partial charge in [-0.2, -0.15) is 0 Å². The van der Waals surface area contributed by atoms with Crippen LogP contribution in [0.4, 0.5) is 0 Å². The molecular weight excluding hydrogens is 242 g/mol. The summed E-state index contributed by atoms with van der Waals surface area (Å²) in [7, 11) is -3.42. The van der Waals surface area contributed by atoms with Crippen molar-refractivity contribution in [1.82, 2.24) is 5.32 Å². The van der Waals surface area contributed by atoms with Gasteiger partial charge in [-0.1, -0.05) is 13.8 Å². The van der Waals surface area contributed by atoms with E-state index in [1.807, 2.05) is 0 Å². The molecule has 1 atom stereocenters. The highest BCUT2D eigenvalue weighted by Crippen LogP contribution is 2.04. The molecule has 0 bridgehead atoms. The molecule has 0 aromatic rings. The standard InChI is InChI=1S/C11H21NO4S/c1-7(2)11(9(5)13)12-10(14)6-17(15,16)8(3)4/h7-8,11H,6H2,1-5H3,(H,12,14).